The molecular formula is C10H17BrN4O5. The van der Waals surface area contributed by atoms with Gasteiger partial charge in [0.2, 0.25) is 5.91 Å². The lowest BCUT2D eigenvalue weighted by molar-refractivity contribution is -0.146. The Labute approximate surface area is 124 Å². The van der Waals surface area contributed by atoms with Crippen molar-refractivity contribution < 1.29 is 24.6 Å². The van der Waals surface area contributed by atoms with Gasteiger partial charge in [0.15, 0.2) is 5.96 Å². The summed E-state index contributed by atoms with van der Waals surface area (Å²) in [7, 11) is 0. The number of hydrogen-bond donors (Lipinski definition) is 4. The number of carboxylic acids is 2. The van der Waals surface area contributed by atoms with Gasteiger partial charge in [0.05, 0.1) is 22.6 Å². The Balaban J connectivity index is 4.42. The number of nitrogens with zero attached hydrogens (tertiary/aromatic N) is 2. The monoisotopic (exact) mass is 352 g/mol. The normalized spacial score (nSPS) is 11.4. The van der Waals surface area contributed by atoms with E-state index in [2.05, 4.69) is 21.1 Å². The molecule has 20 heavy (non-hydrogen) atoms. The van der Waals surface area contributed by atoms with Crippen LogP contribution in [0.2, 0.25) is 0 Å². The van der Waals surface area contributed by atoms with Crippen molar-refractivity contribution in [3.05, 3.63) is 0 Å². The van der Waals surface area contributed by atoms with Gasteiger partial charge in [-0.2, -0.15) is 0 Å². The van der Waals surface area contributed by atoms with Crippen LogP contribution in [0.5, 0.6) is 0 Å². The molecule has 0 aliphatic heterocycles. The summed E-state index contributed by atoms with van der Waals surface area (Å²) in [6.45, 7) is 0.246. The van der Waals surface area contributed by atoms with Gasteiger partial charge in [-0.05, 0) is 12.8 Å². The molecule has 114 valence electrons. The predicted molar refractivity (Wildman–Crippen MR) is 74.0 cm³/mol. The molecule has 0 radical (unpaired) electrons. The standard InChI is InChI=1S/C10H17BrN4O5/c11-15(7(16)3-4-8(17)18)6(9(19)20)2-1-5-14-10(12)13/h6H,1-5H2,(H,17,18)(H,19,20)(H4,12,13,14)/t6-/m0/s1. The number of amides is 1. The molecule has 0 unspecified atom stereocenters. The van der Waals surface area contributed by atoms with Gasteiger partial charge in [0.25, 0.3) is 0 Å². The summed E-state index contributed by atoms with van der Waals surface area (Å²) in [6.07, 6.45) is -0.140. The molecule has 0 aromatic carbocycles. The van der Waals surface area contributed by atoms with E-state index in [0.717, 1.165) is 3.93 Å². The van der Waals surface area contributed by atoms with E-state index in [9.17, 15) is 14.4 Å². The van der Waals surface area contributed by atoms with Crippen LogP contribution in [0.1, 0.15) is 25.7 Å². The lowest BCUT2D eigenvalue weighted by Crippen LogP contribution is -2.38. The Morgan fingerprint density at radius 3 is 2.25 bits per heavy atom. The number of carbonyl (C=O) groups is 3. The zero-order valence-corrected chi connectivity index (χ0v) is 12.2. The number of halogens is 1. The van der Waals surface area contributed by atoms with Crippen LogP contribution < -0.4 is 11.5 Å². The highest BCUT2D eigenvalue weighted by Crippen LogP contribution is 2.15. The highest BCUT2D eigenvalue weighted by Gasteiger charge is 2.27. The van der Waals surface area contributed by atoms with Crippen LogP contribution in [-0.4, -0.2) is 50.5 Å². The van der Waals surface area contributed by atoms with Gasteiger partial charge < -0.3 is 21.7 Å². The first-order valence-corrected chi connectivity index (χ1v) is 6.44. The van der Waals surface area contributed by atoms with Crippen molar-refractivity contribution >= 4 is 40.0 Å². The van der Waals surface area contributed by atoms with E-state index in [1.165, 1.54) is 0 Å². The van der Waals surface area contributed by atoms with E-state index >= 15 is 0 Å². The molecule has 0 aliphatic carbocycles. The summed E-state index contributed by atoms with van der Waals surface area (Å²) in [5.41, 5.74) is 10.3. The van der Waals surface area contributed by atoms with Gasteiger partial charge in [-0.1, -0.05) is 0 Å². The van der Waals surface area contributed by atoms with Crippen molar-refractivity contribution in [3.8, 4) is 0 Å². The average molecular weight is 353 g/mol. The molecule has 0 saturated heterocycles. The molecule has 10 heteroatoms. The van der Waals surface area contributed by atoms with Crippen molar-refractivity contribution in [3.63, 3.8) is 0 Å². The minimum Gasteiger partial charge on any atom is -0.481 e. The SMILES string of the molecule is NC(N)=NCCC[C@@H](C(=O)O)N(Br)C(=O)CCC(=O)O. The van der Waals surface area contributed by atoms with Crippen LogP contribution in [0, 0.1) is 0 Å². The van der Waals surface area contributed by atoms with E-state index < -0.39 is 23.9 Å². The Morgan fingerprint density at radius 2 is 1.80 bits per heavy atom. The highest BCUT2D eigenvalue weighted by molar-refractivity contribution is 9.07. The molecule has 1 atom stereocenters. The third-order valence-corrected chi connectivity index (χ3v) is 3.17. The summed E-state index contributed by atoms with van der Waals surface area (Å²) in [5, 5.41) is 17.5. The van der Waals surface area contributed by atoms with Crippen LogP contribution in [0.25, 0.3) is 0 Å². The summed E-state index contributed by atoms with van der Waals surface area (Å²) >= 11 is 2.87. The van der Waals surface area contributed by atoms with Gasteiger partial charge in [0, 0.05) is 13.0 Å². The number of hydrogen-bond acceptors (Lipinski definition) is 4. The second-order valence-corrected chi connectivity index (χ2v) is 4.67. The average Bonchev–Trinajstić information content (AvgIpc) is 2.34. The number of rotatable bonds is 9. The van der Waals surface area contributed by atoms with Gasteiger partial charge in [0.1, 0.15) is 6.04 Å². The van der Waals surface area contributed by atoms with Crippen molar-refractivity contribution in [2.24, 2.45) is 16.5 Å². The minimum atomic E-state index is -1.20. The molecule has 0 spiro atoms. The number of aliphatic carboxylic acids is 2. The van der Waals surface area contributed by atoms with E-state index in [0.29, 0.717) is 6.42 Å². The van der Waals surface area contributed by atoms with Crippen LogP contribution >= 0.6 is 16.1 Å². The minimum absolute atomic E-state index is 0.0925. The fourth-order valence-corrected chi connectivity index (χ4v) is 1.88. The second-order valence-electron chi connectivity index (χ2n) is 3.90. The zero-order valence-electron chi connectivity index (χ0n) is 10.7. The maximum absolute atomic E-state index is 11.6. The largest absolute Gasteiger partial charge is 0.481 e. The number of carbonyl (C=O) groups excluding carboxylic acids is 1. The lowest BCUT2D eigenvalue weighted by Gasteiger charge is -2.22. The molecule has 0 rings (SSSR count). The molecule has 9 nitrogen and oxygen atoms in total. The molecule has 0 aromatic rings. The van der Waals surface area contributed by atoms with Gasteiger partial charge >= 0.3 is 11.9 Å². The van der Waals surface area contributed by atoms with Crippen molar-refractivity contribution in [2.45, 2.75) is 31.7 Å². The number of carboxylic acid groups (broad SMARTS) is 2. The Hall–Kier alpha value is -1.84. The summed E-state index contributed by atoms with van der Waals surface area (Å²) in [4.78, 5) is 36.8. The molecular weight excluding hydrogens is 336 g/mol. The lowest BCUT2D eigenvalue weighted by atomic mass is 10.1. The van der Waals surface area contributed by atoms with E-state index in [-0.39, 0.29) is 31.8 Å². The zero-order chi connectivity index (χ0) is 15.7. The smallest absolute Gasteiger partial charge is 0.327 e. The number of nitrogens with two attached hydrogens (primary N) is 2. The van der Waals surface area contributed by atoms with Crippen LogP contribution in [0.3, 0.4) is 0 Å². The van der Waals surface area contributed by atoms with E-state index in [1.54, 1.807) is 0 Å². The topological polar surface area (TPSA) is 159 Å². The molecule has 0 aromatic heterocycles. The van der Waals surface area contributed by atoms with Crippen LogP contribution in [-0.2, 0) is 14.4 Å². The molecule has 6 N–H and O–H groups in total. The highest BCUT2D eigenvalue weighted by atomic mass is 79.9. The quantitative estimate of drug-likeness (QED) is 0.188. The third-order valence-electron chi connectivity index (χ3n) is 2.28. The molecule has 0 aliphatic rings. The molecule has 0 heterocycles. The van der Waals surface area contributed by atoms with Crippen molar-refractivity contribution in [1.29, 1.82) is 0 Å². The number of aliphatic imine (C=N–C) groups is 1. The Kier molecular flexibility index (Phi) is 8.29. The second kappa shape index (κ2) is 9.13. The fourth-order valence-electron chi connectivity index (χ4n) is 1.32. The molecule has 1 amide bonds. The molecule has 0 fully saturated rings. The predicted octanol–water partition coefficient (Wildman–Crippen LogP) is -0.503. The van der Waals surface area contributed by atoms with Crippen molar-refractivity contribution in [1.82, 2.24) is 3.93 Å². The first-order valence-electron chi connectivity index (χ1n) is 5.73. The van der Waals surface area contributed by atoms with Gasteiger partial charge in [-0.15, -0.1) is 0 Å². The molecule has 0 saturated carbocycles. The summed E-state index contributed by atoms with van der Waals surface area (Å²) in [5.74, 6) is -3.03. The Morgan fingerprint density at radius 1 is 1.20 bits per heavy atom. The van der Waals surface area contributed by atoms with Gasteiger partial charge in [-0.3, -0.25) is 18.5 Å². The molecule has 0 bridgehead atoms. The maximum atomic E-state index is 11.6. The van der Waals surface area contributed by atoms with Crippen molar-refractivity contribution in [2.75, 3.05) is 6.54 Å². The van der Waals surface area contributed by atoms with Gasteiger partial charge in [-0.25, -0.2) is 4.79 Å². The summed E-state index contributed by atoms with van der Waals surface area (Å²) < 4.78 is 0.855. The third kappa shape index (κ3) is 7.56. The number of guanidine groups is 1. The Bertz CT molecular complexity index is 397. The van der Waals surface area contributed by atoms with E-state index in [1.807, 2.05) is 0 Å². The first kappa shape index (κ1) is 18.2. The van der Waals surface area contributed by atoms with Crippen LogP contribution in [0.15, 0.2) is 4.99 Å². The fraction of sp³-hybridized carbons (Fsp3) is 0.600. The van der Waals surface area contributed by atoms with Crippen LogP contribution in [0.4, 0.5) is 0 Å². The van der Waals surface area contributed by atoms with E-state index in [4.69, 9.17) is 21.7 Å². The first-order chi connectivity index (χ1) is 9.25. The summed E-state index contributed by atoms with van der Waals surface area (Å²) in [6, 6.07) is -1.11. The maximum Gasteiger partial charge on any atom is 0.327 e.